The number of carboxylic acids is 1. The molecule has 0 unspecified atom stereocenters. The number of pyridine rings is 1. The van der Waals surface area contributed by atoms with E-state index in [-0.39, 0.29) is 21.6 Å². The van der Waals surface area contributed by atoms with Gasteiger partial charge in [0.25, 0.3) is 0 Å². The zero-order valence-corrected chi connectivity index (χ0v) is 23.8. The first-order valence-electron chi connectivity index (χ1n) is 13.7. The number of rotatable bonds is 6. The topological polar surface area (TPSA) is 87.5 Å². The lowest BCUT2D eigenvalue weighted by molar-refractivity contribution is 0.0695. The van der Waals surface area contributed by atoms with Crippen LogP contribution >= 0.6 is 11.6 Å². The number of hydrogen-bond acceptors (Lipinski definition) is 7. The molecule has 0 bridgehead atoms. The van der Waals surface area contributed by atoms with Crippen molar-refractivity contribution in [1.82, 2.24) is 4.57 Å². The number of methoxy groups -OCH3 is 1. The number of hydrogen-bond donors (Lipinski definition) is 1. The van der Waals surface area contributed by atoms with E-state index in [1.165, 1.54) is 6.20 Å². The van der Waals surface area contributed by atoms with Gasteiger partial charge in [-0.3, -0.25) is 4.79 Å². The van der Waals surface area contributed by atoms with E-state index in [4.69, 9.17) is 21.1 Å². The lowest BCUT2D eigenvalue weighted by Gasteiger charge is -2.38. The third kappa shape index (κ3) is 5.12. The summed E-state index contributed by atoms with van der Waals surface area (Å²) >= 11 is 6.97. The Morgan fingerprint density at radius 1 is 0.905 bits per heavy atom. The van der Waals surface area contributed by atoms with Crippen molar-refractivity contribution in [1.29, 1.82) is 0 Å². The van der Waals surface area contributed by atoms with Gasteiger partial charge in [-0.05, 0) is 48.5 Å². The number of fused-ring (bicyclic) bond motifs is 1. The van der Waals surface area contributed by atoms with Gasteiger partial charge >= 0.3 is 5.97 Å². The van der Waals surface area contributed by atoms with E-state index in [0.29, 0.717) is 58.2 Å². The van der Waals surface area contributed by atoms with Crippen molar-refractivity contribution in [3.8, 4) is 11.4 Å². The summed E-state index contributed by atoms with van der Waals surface area (Å²) in [7, 11) is 1.62. The fraction of sp³-hybridized carbons (Fsp3) is 0.290. The summed E-state index contributed by atoms with van der Waals surface area (Å²) in [4.78, 5) is 31.5. The van der Waals surface area contributed by atoms with Crippen molar-refractivity contribution >= 4 is 45.5 Å². The fourth-order valence-corrected chi connectivity index (χ4v) is 6.10. The highest BCUT2D eigenvalue weighted by Crippen LogP contribution is 2.38. The summed E-state index contributed by atoms with van der Waals surface area (Å²) in [5.41, 5.74) is 1.78. The van der Waals surface area contributed by atoms with Crippen LogP contribution in [0.15, 0.2) is 65.6 Å². The van der Waals surface area contributed by atoms with Crippen LogP contribution in [-0.4, -0.2) is 75.2 Å². The van der Waals surface area contributed by atoms with Gasteiger partial charge in [0.2, 0.25) is 5.43 Å². The van der Waals surface area contributed by atoms with Crippen LogP contribution in [0.2, 0.25) is 5.02 Å². The van der Waals surface area contributed by atoms with Crippen LogP contribution in [-0.2, 0) is 4.74 Å². The number of morpholine rings is 1. The summed E-state index contributed by atoms with van der Waals surface area (Å²) in [6, 6.07) is 16.4. The van der Waals surface area contributed by atoms with Crippen LogP contribution < -0.4 is 24.9 Å². The normalized spacial score (nSPS) is 15.7. The fourth-order valence-electron chi connectivity index (χ4n) is 5.69. The third-order valence-electron chi connectivity index (χ3n) is 7.90. The minimum absolute atomic E-state index is 0.0636. The van der Waals surface area contributed by atoms with Gasteiger partial charge in [-0.25, -0.2) is 9.18 Å². The standard InChI is InChI=1S/C31H30ClFN4O5/c1-41-23-7-5-20(6-8-23)34-9-11-36(12-10-34)29-26(33)18-24-28(27(29)32)37(19-25(30(24)38)31(39)40)22-4-2-3-21(17-22)35-13-15-42-16-14-35/h2-8,17-19H,9-16H2,1H3,(H,39,40). The molecule has 0 amide bonds. The molecule has 218 valence electrons. The van der Waals surface area contributed by atoms with Gasteiger partial charge < -0.3 is 33.8 Å². The Bertz CT molecular complexity index is 1700. The number of nitrogens with zero attached hydrogens (tertiary/aromatic N) is 4. The molecule has 3 heterocycles. The van der Waals surface area contributed by atoms with Crippen molar-refractivity contribution < 1.29 is 23.8 Å². The Morgan fingerprint density at radius 3 is 2.21 bits per heavy atom. The van der Waals surface area contributed by atoms with Crippen molar-refractivity contribution in [2.45, 2.75) is 0 Å². The molecule has 2 fully saturated rings. The second-order valence-corrected chi connectivity index (χ2v) is 10.6. The summed E-state index contributed by atoms with van der Waals surface area (Å²) in [5.74, 6) is -1.29. The van der Waals surface area contributed by atoms with E-state index in [1.807, 2.05) is 53.4 Å². The van der Waals surface area contributed by atoms with Crippen LogP contribution in [0.5, 0.6) is 5.75 Å². The Morgan fingerprint density at radius 2 is 1.55 bits per heavy atom. The van der Waals surface area contributed by atoms with E-state index in [9.17, 15) is 14.7 Å². The summed E-state index contributed by atoms with van der Waals surface area (Å²) in [5, 5.41) is 9.79. The van der Waals surface area contributed by atoms with Gasteiger partial charge in [0.15, 0.2) is 0 Å². The molecule has 1 aromatic heterocycles. The van der Waals surface area contributed by atoms with Gasteiger partial charge in [-0.2, -0.15) is 0 Å². The number of benzene rings is 3. The highest BCUT2D eigenvalue weighted by Gasteiger charge is 2.27. The number of aromatic nitrogens is 1. The van der Waals surface area contributed by atoms with Crippen LogP contribution in [0.1, 0.15) is 10.4 Å². The van der Waals surface area contributed by atoms with Crippen LogP contribution in [0.4, 0.5) is 21.5 Å². The maximum Gasteiger partial charge on any atom is 0.341 e. The Hall–Kier alpha value is -4.28. The predicted molar refractivity (Wildman–Crippen MR) is 162 cm³/mol. The first-order valence-corrected chi connectivity index (χ1v) is 14.1. The Kier molecular flexibility index (Phi) is 7.66. The molecule has 0 spiro atoms. The van der Waals surface area contributed by atoms with E-state index in [1.54, 1.807) is 11.7 Å². The van der Waals surface area contributed by atoms with Crippen LogP contribution in [0.25, 0.3) is 16.6 Å². The average Bonchev–Trinajstić information content (AvgIpc) is 3.02. The van der Waals surface area contributed by atoms with Crippen molar-refractivity contribution in [2.75, 3.05) is 74.3 Å². The summed E-state index contributed by atoms with van der Waals surface area (Å²) in [6.07, 6.45) is 1.28. The largest absolute Gasteiger partial charge is 0.497 e. The van der Waals surface area contributed by atoms with Crippen LogP contribution in [0.3, 0.4) is 0 Å². The van der Waals surface area contributed by atoms with E-state index < -0.39 is 22.8 Å². The number of anilines is 3. The maximum absolute atomic E-state index is 15.8. The molecule has 2 saturated heterocycles. The monoisotopic (exact) mass is 592 g/mol. The summed E-state index contributed by atoms with van der Waals surface area (Å²) in [6.45, 7) is 4.90. The zero-order chi connectivity index (χ0) is 29.4. The molecular formula is C31H30ClFN4O5. The van der Waals surface area contributed by atoms with Crippen molar-refractivity contribution in [3.05, 3.63) is 87.4 Å². The first-order chi connectivity index (χ1) is 20.4. The molecule has 42 heavy (non-hydrogen) atoms. The van der Waals surface area contributed by atoms with E-state index >= 15 is 4.39 Å². The minimum atomic E-state index is -1.39. The van der Waals surface area contributed by atoms with Gasteiger partial charge in [-0.15, -0.1) is 0 Å². The second-order valence-electron chi connectivity index (χ2n) is 10.3. The number of piperazine rings is 1. The quantitative estimate of drug-likeness (QED) is 0.346. The molecule has 2 aliphatic rings. The molecule has 4 aromatic rings. The third-order valence-corrected chi connectivity index (χ3v) is 8.26. The summed E-state index contributed by atoms with van der Waals surface area (Å²) < 4.78 is 28.1. The molecule has 3 aromatic carbocycles. The molecule has 0 atom stereocenters. The van der Waals surface area contributed by atoms with Gasteiger partial charge in [0.1, 0.15) is 17.1 Å². The molecule has 0 aliphatic carbocycles. The SMILES string of the molecule is COc1ccc(N2CCN(c3c(F)cc4c(=O)c(C(=O)O)cn(-c5cccc(N6CCOCC6)c5)c4c3Cl)CC2)cc1. The zero-order valence-electron chi connectivity index (χ0n) is 23.1. The number of carboxylic acid groups (broad SMARTS) is 1. The lowest BCUT2D eigenvalue weighted by Crippen LogP contribution is -2.47. The van der Waals surface area contributed by atoms with Crippen molar-refractivity contribution in [2.24, 2.45) is 0 Å². The van der Waals surface area contributed by atoms with E-state index in [2.05, 4.69) is 9.80 Å². The predicted octanol–water partition coefficient (Wildman–Crippen LogP) is 4.65. The molecule has 0 saturated carbocycles. The highest BCUT2D eigenvalue weighted by molar-refractivity contribution is 6.38. The van der Waals surface area contributed by atoms with Crippen LogP contribution in [0, 0.1) is 5.82 Å². The molecular weight excluding hydrogens is 563 g/mol. The second kappa shape index (κ2) is 11.5. The Balaban J connectivity index is 1.41. The van der Waals surface area contributed by atoms with Gasteiger partial charge in [-0.1, -0.05) is 17.7 Å². The molecule has 6 rings (SSSR count). The number of carbonyl (C=O) groups is 1. The number of halogens is 2. The number of aromatic carboxylic acids is 1. The Labute approximate surface area is 246 Å². The molecule has 1 N–H and O–H groups in total. The molecule has 2 aliphatic heterocycles. The smallest absolute Gasteiger partial charge is 0.341 e. The average molecular weight is 593 g/mol. The van der Waals surface area contributed by atoms with Gasteiger partial charge in [0, 0.05) is 62.5 Å². The number of ether oxygens (including phenoxy) is 2. The van der Waals surface area contributed by atoms with Crippen molar-refractivity contribution in [3.63, 3.8) is 0 Å². The van der Waals surface area contributed by atoms with Gasteiger partial charge in [0.05, 0.1) is 41.9 Å². The molecule has 9 nitrogen and oxygen atoms in total. The first kappa shape index (κ1) is 27.9. The lowest BCUT2D eigenvalue weighted by atomic mass is 10.1. The molecule has 11 heteroatoms. The highest BCUT2D eigenvalue weighted by atomic mass is 35.5. The minimum Gasteiger partial charge on any atom is -0.497 e. The van der Waals surface area contributed by atoms with E-state index in [0.717, 1.165) is 23.2 Å². The molecule has 0 radical (unpaired) electrons. The maximum atomic E-state index is 15.8.